The van der Waals surface area contributed by atoms with Gasteiger partial charge in [-0.3, -0.25) is 9.59 Å². The van der Waals surface area contributed by atoms with Gasteiger partial charge in [0.05, 0.1) is 6.54 Å². The van der Waals surface area contributed by atoms with Gasteiger partial charge in [-0.05, 0) is 12.8 Å². The summed E-state index contributed by atoms with van der Waals surface area (Å²) in [5, 5.41) is 8.25. The van der Waals surface area contributed by atoms with Crippen LogP contribution in [0.5, 0.6) is 0 Å². The minimum atomic E-state index is -0.508. The van der Waals surface area contributed by atoms with Crippen molar-refractivity contribution in [3.63, 3.8) is 0 Å². The molecule has 0 bridgehead atoms. The van der Waals surface area contributed by atoms with Crippen molar-refractivity contribution in [2.24, 2.45) is 5.92 Å². The molecule has 0 aromatic rings. The highest BCUT2D eigenvalue weighted by Gasteiger charge is 2.14. The van der Waals surface area contributed by atoms with Crippen molar-refractivity contribution in [3.8, 4) is 0 Å². The van der Waals surface area contributed by atoms with Crippen molar-refractivity contribution in [1.29, 1.82) is 0 Å². The molecule has 5 heteroatoms. The van der Waals surface area contributed by atoms with Crippen LogP contribution in [0.1, 0.15) is 20.8 Å². The lowest BCUT2D eigenvalue weighted by atomic mass is 10.2. The van der Waals surface area contributed by atoms with Gasteiger partial charge in [0.2, 0.25) is 11.8 Å². The van der Waals surface area contributed by atoms with Crippen LogP contribution >= 0.6 is 0 Å². The third-order valence-electron chi connectivity index (χ3n) is 2.03. The Labute approximate surface area is 103 Å². The molecule has 3 N–H and O–H groups in total. The topological polar surface area (TPSA) is 70.2 Å². The number of amides is 2. The Morgan fingerprint density at radius 1 is 1.29 bits per heavy atom. The molecule has 0 rings (SSSR count). The van der Waals surface area contributed by atoms with Gasteiger partial charge in [0.15, 0.2) is 0 Å². The van der Waals surface area contributed by atoms with Gasteiger partial charge >= 0.3 is 0 Å². The van der Waals surface area contributed by atoms with Gasteiger partial charge in [0.25, 0.3) is 0 Å². The van der Waals surface area contributed by atoms with Crippen LogP contribution in [0.25, 0.3) is 0 Å². The standard InChI is InChI=1S/C12H23N3O2/c1-5-6-13-8-11(16)15-10(4)12(17)14-7-9(2)3/h5,9-10,13H,1,6-8H2,2-4H3,(H,14,17)(H,15,16). The molecule has 0 aliphatic heterocycles. The van der Waals surface area contributed by atoms with Crippen LogP contribution in [0.4, 0.5) is 0 Å². The highest BCUT2D eigenvalue weighted by molar-refractivity contribution is 5.87. The average molecular weight is 241 g/mol. The van der Waals surface area contributed by atoms with Gasteiger partial charge in [-0.1, -0.05) is 19.9 Å². The van der Waals surface area contributed by atoms with Crippen molar-refractivity contribution in [3.05, 3.63) is 12.7 Å². The van der Waals surface area contributed by atoms with Crippen LogP contribution < -0.4 is 16.0 Å². The van der Waals surface area contributed by atoms with Crippen LogP contribution in [0.2, 0.25) is 0 Å². The summed E-state index contributed by atoms with van der Waals surface area (Å²) in [7, 11) is 0. The van der Waals surface area contributed by atoms with E-state index in [2.05, 4.69) is 22.5 Å². The summed E-state index contributed by atoms with van der Waals surface area (Å²) < 4.78 is 0. The summed E-state index contributed by atoms with van der Waals surface area (Å²) in [6, 6.07) is -0.508. The minimum absolute atomic E-state index is 0.157. The van der Waals surface area contributed by atoms with E-state index in [0.717, 1.165) is 0 Å². The number of carbonyl (C=O) groups excluding carboxylic acids is 2. The third-order valence-corrected chi connectivity index (χ3v) is 2.03. The van der Waals surface area contributed by atoms with E-state index in [-0.39, 0.29) is 18.4 Å². The number of hydrogen-bond acceptors (Lipinski definition) is 3. The van der Waals surface area contributed by atoms with E-state index in [9.17, 15) is 9.59 Å². The molecule has 0 fully saturated rings. The second-order valence-corrected chi connectivity index (χ2v) is 4.35. The van der Waals surface area contributed by atoms with Crippen LogP contribution in [0.15, 0.2) is 12.7 Å². The zero-order valence-corrected chi connectivity index (χ0v) is 10.9. The largest absolute Gasteiger partial charge is 0.354 e. The molecule has 1 unspecified atom stereocenters. The molecule has 0 aromatic heterocycles. The molecule has 1 atom stereocenters. The molecule has 0 radical (unpaired) electrons. The Hall–Kier alpha value is -1.36. The van der Waals surface area contributed by atoms with E-state index >= 15 is 0 Å². The lowest BCUT2D eigenvalue weighted by molar-refractivity contribution is -0.128. The summed E-state index contributed by atoms with van der Waals surface area (Å²) >= 11 is 0. The Morgan fingerprint density at radius 2 is 1.94 bits per heavy atom. The lowest BCUT2D eigenvalue weighted by Gasteiger charge is -2.15. The zero-order valence-electron chi connectivity index (χ0n) is 10.9. The van der Waals surface area contributed by atoms with Crippen LogP contribution in [-0.4, -0.2) is 37.5 Å². The first-order valence-corrected chi connectivity index (χ1v) is 5.86. The Bertz CT molecular complexity index is 264. The molecule has 0 saturated heterocycles. The summed E-state index contributed by atoms with van der Waals surface area (Å²) in [5.74, 6) is 0.0472. The molecule has 0 aliphatic rings. The summed E-state index contributed by atoms with van der Waals surface area (Å²) in [5.41, 5.74) is 0. The smallest absolute Gasteiger partial charge is 0.242 e. The predicted octanol–water partition coefficient (Wildman–Crippen LogP) is 0.0389. The molecule has 5 nitrogen and oxygen atoms in total. The highest BCUT2D eigenvalue weighted by atomic mass is 16.2. The Kier molecular flexibility index (Phi) is 8.05. The van der Waals surface area contributed by atoms with E-state index in [1.54, 1.807) is 13.0 Å². The van der Waals surface area contributed by atoms with E-state index in [0.29, 0.717) is 19.0 Å². The molecule has 0 heterocycles. The predicted molar refractivity (Wildman–Crippen MR) is 68.5 cm³/mol. The van der Waals surface area contributed by atoms with Crippen LogP contribution in [0, 0.1) is 5.92 Å². The van der Waals surface area contributed by atoms with Crippen molar-refractivity contribution in [1.82, 2.24) is 16.0 Å². The van der Waals surface area contributed by atoms with Crippen molar-refractivity contribution in [2.75, 3.05) is 19.6 Å². The molecule has 2 amide bonds. The van der Waals surface area contributed by atoms with E-state index in [4.69, 9.17) is 0 Å². The van der Waals surface area contributed by atoms with Gasteiger partial charge < -0.3 is 16.0 Å². The van der Waals surface area contributed by atoms with Gasteiger partial charge in [0, 0.05) is 13.1 Å². The summed E-state index contributed by atoms with van der Waals surface area (Å²) in [6.07, 6.45) is 1.67. The maximum Gasteiger partial charge on any atom is 0.242 e. The zero-order chi connectivity index (χ0) is 13.3. The first-order chi connectivity index (χ1) is 7.97. The molecule has 98 valence electrons. The van der Waals surface area contributed by atoms with Crippen molar-refractivity contribution < 1.29 is 9.59 Å². The molecule has 17 heavy (non-hydrogen) atoms. The van der Waals surface area contributed by atoms with E-state index in [1.165, 1.54) is 0 Å². The molecular weight excluding hydrogens is 218 g/mol. The monoisotopic (exact) mass is 241 g/mol. The van der Waals surface area contributed by atoms with Gasteiger partial charge in [-0.25, -0.2) is 0 Å². The Balaban J connectivity index is 3.82. The van der Waals surface area contributed by atoms with Crippen molar-refractivity contribution in [2.45, 2.75) is 26.8 Å². The molecule has 0 aromatic carbocycles. The SMILES string of the molecule is C=CCNCC(=O)NC(C)C(=O)NCC(C)C. The first kappa shape index (κ1) is 15.6. The number of carbonyl (C=O) groups is 2. The Morgan fingerprint density at radius 3 is 2.47 bits per heavy atom. The molecule has 0 spiro atoms. The lowest BCUT2D eigenvalue weighted by Crippen LogP contribution is -2.47. The third kappa shape index (κ3) is 8.45. The van der Waals surface area contributed by atoms with Gasteiger partial charge in [-0.15, -0.1) is 6.58 Å². The molecule has 0 aliphatic carbocycles. The fourth-order valence-electron chi connectivity index (χ4n) is 1.10. The average Bonchev–Trinajstić information content (AvgIpc) is 2.26. The van der Waals surface area contributed by atoms with Gasteiger partial charge in [0.1, 0.15) is 6.04 Å². The van der Waals surface area contributed by atoms with E-state index in [1.807, 2.05) is 13.8 Å². The fourth-order valence-corrected chi connectivity index (χ4v) is 1.10. The molecular formula is C12H23N3O2. The summed E-state index contributed by atoms with van der Waals surface area (Å²) in [4.78, 5) is 22.9. The van der Waals surface area contributed by atoms with Crippen LogP contribution in [-0.2, 0) is 9.59 Å². The quantitative estimate of drug-likeness (QED) is 0.415. The molecule has 0 saturated carbocycles. The number of nitrogens with one attached hydrogen (secondary N) is 3. The first-order valence-electron chi connectivity index (χ1n) is 5.86. The maximum absolute atomic E-state index is 11.6. The highest BCUT2D eigenvalue weighted by Crippen LogP contribution is 1.89. The fraction of sp³-hybridized carbons (Fsp3) is 0.667. The maximum atomic E-state index is 11.6. The second kappa shape index (κ2) is 8.75. The summed E-state index contributed by atoms with van der Waals surface area (Å²) in [6.45, 7) is 10.6. The van der Waals surface area contributed by atoms with E-state index < -0.39 is 6.04 Å². The second-order valence-electron chi connectivity index (χ2n) is 4.35. The van der Waals surface area contributed by atoms with Crippen molar-refractivity contribution >= 4 is 11.8 Å². The van der Waals surface area contributed by atoms with Crippen LogP contribution in [0.3, 0.4) is 0 Å². The normalized spacial score (nSPS) is 12.0. The minimum Gasteiger partial charge on any atom is -0.354 e. The van der Waals surface area contributed by atoms with Gasteiger partial charge in [-0.2, -0.15) is 0 Å². The number of rotatable bonds is 8. The number of hydrogen-bond donors (Lipinski definition) is 3.